The second-order valence-electron chi connectivity index (χ2n) is 8.95. The van der Waals surface area contributed by atoms with E-state index >= 15 is 0 Å². The van der Waals surface area contributed by atoms with Gasteiger partial charge in [-0.25, -0.2) is 9.78 Å². The number of carbonyl (C=O) groups excluding carboxylic acids is 1. The van der Waals surface area contributed by atoms with Crippen LogP contribution < -0.4 is 20.1 Å². The smallest absolute Gasteiger partial charge is 0.315 e. The van der Waals surface area contributed by atoms with Crippen LogP contribution in [0.5, 0.6) is 11.5 Å². The number of imidazole rings is 1. The Kier molecular flexibility index (Phi) is 7.63. The minimum Gasteiger partial charge on any atom is -0.497 e. The number of aryl methyl sites for hydroxylation is 1. The average Bonchev–Trinajstić information content (AvgIpc) is 3.22. The van der Waals surface area contributed by atoms with E-state index in [0.29, 0.717) is 17.3 Å². The summed E-state index contributed by atoms with van der Waals surface area (Å²) in [5.41, 5.74) is 1.98. The first-order chi connectivity index (χ1) is 15.7. The Balaban J connectivity index is 1.78. The van der Waals surface area contributed by atoms with Crippen LogP contribution in [0.1, 0.15) is 50.2 Å². The highest BCUT2D eigenvalue weighted by molar-refractivity contribution is 5.75. The number of benzene rings is 2. The molecule has 2 atom stereocenters. The number of hydrogen-bond donors (Lipinski definition) is 2. The van der Waals surface area contributed by atoms with Gasteiger partial charge in [-0.3, -0.25) is 0 Å². The van der Waals surface area contributed by atoms with E-state index < -0.39 is 6.04 Å². The minimum atomic E-state index is -0.483. The quantitative estimate of drug-likeness (QED) is 0.500. The number of nitrogens with one attached hydrogen (secondary N) is 2. The van der Waals surface area contributed by atoms with Crippen molar-refractivity contribution in [2.75, 3.05) is 14.2 Å². The number of nitrogens with zero attached hydrogens (tertiary/aromatic N) is 2. The number of aromatic nitrogens is 2. The summed E-state index contributed by atoms with van der Waals surface area (Å²) >= 11 is 0. The van der Waals surface area contributed by atoms with Gasteiger partial charge in [0.2, 0.25) is 0 Å². The summed E-state index contributed by atoms with van der Waals surface area (Å²) in [4.78, 5) is 17.5. The molecule has 2 aromatic carbocycles. The predicted octanol–water partition coefficient (Wildman–Crippen LogP) is 4.58. The van der Waals surface area contributed by atoms with E-state index in [1.54, 1.807) is 26.5 Å². The van der Waals surface area contributed by atoms with Crippen molar-refractivity contribution in [3.63, 3.8) is 0 Å². The van der Waals surface area contributed by atoms with Crippen LogP contribution in [-0.2, 0) is 12.5 Å². The molecular weight excluding hydrogens is 416 g/mol. The molecular formula is C26H34N4O3. The number of methoxy groups -OCH3 is 2. The molecule has 0 aliphatic heterocycles. The maximum Gasteiger partial charge on any atom is 0.315 e. The highest BCUT2D eigenvalue weighted by Crippen LogP contribution is 2.30. The average molecular weight is 451 g/mol. The highest BCUT2D eigenvalue weighted by Gasteiger charge is 2.26. The van der Waals surface area contributed by atoms with Crippen LogP contribution in [0.3, 0.4) is 0 Å². The van der Waals surface area contributed by atoms with Gasteiger partial charge >= 0.3 is 6.03 Å². The molecule has 0 bridgehead atoms. The zero-order valence-electron chi connectivity index (χ0n) is 20.3. The van der Waals surface area contributed by atoms with Gasteiger partial charge in [0, 0.05) is 31.5 Å². The third kappa shape index (κ3) is 6.06. The van der Waals surface area contributed by atoms with E-state index in [-0.39, 0.29) is 17.5 Å². The first-order valence-corrected chi connectivity index (χ1v) is 11.1. The van der Waals surface area contributed by atoms with Crippen molar-refractivity contribution in [3.8, 4) is 11.5 Å². The van der Waals surface area contributed by atoms with Gasteiger partial charge in [-0.1, -0.05) is 44.2 Å². The molecule has 2 N–H and O–H groups in total. The lowest BCUT2D eigenvalue weighted by Crippen LogP contribution is -2.45. The summed E-state index contributed by atoms with van der Waals surface area (Å²) in [6.07, 6.45) is 4.36. The number of urea groups is 1. The zero-order valence-corrected chi connectivity index (χ0v) is 20.3. The van der Waals surface area contributed by atoms with Gasteiger partial charge in [-0.05, 0) is 42.0 Å². The summed E-state index contributed by atoms with van der Waals surface area (Å²) in [5.74, 6) is 1.99. The number of carbonyl (C=O) groups is 1. The van der Waals surface area contributed by atoms with Crippen molar-refractivity contribution >= 4 is 6.03 Å². The maximum absolute atomic E-state index is 13.1. The molecule has 1 heterocycles. The first kappa shape index (κ1) is 24.2. The molecule has 3 aromatic rings. The van der Waals surface area contributed by atoms with Gasteiger partial charge in [0.15, 0.2) is 0 Å². The molecule has 0 aliphatic rings. The second-order valence-corrected chi connectivity index (χ2v) is 8.95. The van der Waals surface area contributed by atoms with Crippen molar-refractivity contribution < 1.29 is 14.3 Å². The van der Waals surface area contributed by atoms with E-state index in [0.717, 1.165) is 12.0 Å². The van der Waals surface area contributed by atoms with E-state index in [2.05, 4.69) is 41.6 Å². The molecule has 0 saturated carbocycles. The lowest BCUT2D eigenvalue weighted by atomic mass is 9.79. The van der Waals surface area contributed by atoms with E-state index in [4.69, 9.17) is 9.47 Å². The molecule has 3 rings (SSSR count). The van der Waals surface area contributed by atoms with Crippen LogP contribution in [0.4, 0.5) is 4.79 Å². The molecule has 7 nitrogen and oxygen atoms in total. The van der Waals surface area contributed by atoms with Gasteiger partial charge < -0.3 is 24.7 Å². The van der Waals surface area contributed by atoms with Crippen LogP contribution in [0.25, 0.3) is 0 Å². The van der Waals surface area contributed by atoms with Crippen LogP contribution in [-0.4, -0.2) is 35.8 Å². The van der Waals surface area contributed by atoms with Crippen molar-refractivity contribution in [3.05, 3.63) is 77.9 Å². The zero-order chi connectivity index (χ0) is 24.0. The molecule has 1 aromatic heterocycles. The van der Waals surface area contributed by atoms with Crippen LogP contribution in [0.2, 0.25) is 0 Å². The number of amides is 2. The van der Waals surface area contributed by atoms with Crippen molar-refractivity contribution in [1.29, 1.82) is 0 Å². The topological polar surface area (TPSA) is 77.4 Å². The molecule has 0 saturated heterocycles. The normalized spacial score (nSPS) is 13.2. The Labute approximate surface area is 196 Å². The predicted molar refractivity (Wildman–Crippen MR) is 130 cm³/mol. The summed E-state index contributed by atoms with van der Waals surface area (Å²) < 4.78 is 12.7. The van der Waals surface area contributed by atoms with Gasteiger partial charge in [0.25, 0.3) is 0 Å². The summed E-state index contributed by atoms with van der Waals surface area (Å²) in [6, 6.07) is 15.1. The molecule has 0 fully saturated rings. The largest absolute Gasteiger partial charge is 0.497 e. The Hall–Kier alpha value is -3.48. The highest BCUT2D eigenvalue weighted by atomic mass is 16.5. The SMILES string of the molecule is COc1cc(OC)cc(C(NC(=O)NC(C)CC(C)(C)c2ccccc2)c2nccn2C)c1. The third-order valence-corrected chi connectivity index (χ3v) is 5.85. The second kappa shape index (κ2) is 10.4. The molecule has 176 valence electrons. The molecule has 7 heteroatoms. The molecule has 0 spiro atoms. The Morgan fingerprint density at radius 1 is 1.06 bits per heavy atom. The Bertz CT molecular complexity index is 1040. The fourth-order valence-corrected chi connectivity index (χ4v) is 4.17. The Morgan fingerprint density at radius 3 is 2.24 bits per heavy atom. The standard InChI is InChI=1S/C26H34N4O3/c1-18(17-26(2,3)20-10-8-7-9-11-20)28-25(31)29-23(24-27-12-13-30(24)4)19-14-21(32-5)16-22(15-19)33-6/h7-16,18,23H,17H2,1-6H3,(H2,28,29,31). The van der Waals surface area contributed by atoms with Crippen LogP contribution in [0.15, 0.2) is 60.9 Å². The van der Waals surface area contributed by atoms with E-state index in [9.17, 15) is 4.79 Å². The van der Waals surface area contributed by atoms with Gasteiger partial charge in [-0.15, -0.1) is 0 Å². The van der Waals surface area contributed by atoms with E-state index in [1.807, 2.05) is 55.1 Å². The third-order valence-electron chi connectivity index (χ3n) is 5.85. The van der Waals surface area contributed by atoms with Crippen molar-refractivity contribution in [2.24, 2.45) is 7.05 Å². The van der Waals surface area contributed by atoms with Crippen molar-refractivity contribution in [1.82, 2.24) is 20.2 Å². The first-order valence-electron chi connectivity index (χ1n) is 11.1. The Morgan fingerprint density at radius 2 is 1.70 bits per heavy atom. The summed E-state index contributed by atoms with van der Waals surface area (Å²) in [6.45, 7) is 6.41. The van der Waals surface area contributed by atoms with Gasteiger partial charge in [-0.2, -0.15) is 0 Å². The summed E-state index contributed by atoms with van der Waals surface area (Å²) in [5, 5.41) is 6.19. The molecule has 33 heavy (non-hydrogen) atoms. The van der Waals surface area contributed by atoms with Crippen molar-refractivity contribution in [2.45, 2.75) is 44.7 Å². The van der Waals surface area contributed by atoms with Gasteiger partial charge in [0.1, 0.15) is 23.4 Å². The monoisotopic (exact) mass is 450 g/mol. The number of hydrogen-bond acceptors (Lipinski definition) is 4. The number of ether oxygens (including phenoxy) is 2. The summed E-state index contributed by atoms with van der Waals surface area (Å²) in [7, 11) is 5.10. The van der Waals surface area contributed by atoms with Crippen LogP contribution >= 0.6 is 0 Å². The van der Waals surface area contributed by atoms with E-state index in [1.165, 1.54) is 5.56 Å². The molecule has 2 amide bonds. The van der Waals surface area contributed by atoms with Crippen LogP contribution in [0, 0.1) is 0 Å². The van der Waals surface area contributed by atoms with Gasteiger partial charge in [0.05, 0.1) is 14.2 Å². The fourth-order valence-electron chi connectivity index (χ4n) is 4.17. The number of rotatable bonds is 9. The minimum absolute atomic E-state index is 0.0397. The lowest BCUT2D eigenvalue weighted by molar-refractivity contribution is 0.232. The molecule has 0 aliphatic carbocycles. The lowest BCUT2D eigenvalue weighted by Gasteiger charge is -2.29. The molecule has 0 radical (unpaired) electrons. The maximum atomic E-state index is 13.1. The fraction of sp³-hybridized carbons (Fsp3) is 0.385. The molecule has 2 unspecified atom stereocenters.